The number of rotatable bonds is 8. The van der Waals surface area contributed by atoms with Crippen molar-refractivity contribution in [2.24, 2.45) is 5.41 Å². The van der Waals surface area contributed by atoms with Crippen LogP contribution in [-0.4, -0.2) is 37.4 Å². The number of anilines is 1. The molecular weight excluding hydrogens is 444 g/mol. The van der Waals surface area contributed by atoms with Crippen LogP contribution >= 0.6 is 0 Å². The number of aryl methyl sites for hydroxylation is 1. The van der Waals surface area contributed by atoms with Crippen LogP contribution in [0.5, 0.6) is 0 Å². The highest BCUT2D eigenvalue weighted by atomic mass is 15.2. The first-order valence-corrected chi connectivity index (χ1v) is 13.7. The van der Waals surface area contributed by atoms with Gasteiger partial charge in [-0.25, -0.2) is 15.0 Å². The summed E-state index contributed by atoms with van der Waals surface area (Å²) < 4.78 is 2.04. The molecule has 0 N–H and O–H groups in total. The maximum atomic E-state index is 5.10. The van der Waals surface area contributed by atoms with E-state index in [-0.39, 0.29) is 0 Å². The van der Waals surface area contributed by atoms with Crippen molar-refractivity contribution in [1.29, 1.82) is 0 Å². The predicted molar refractivity (Wildman–Crippen MR) is 143 cm³/mol. The molecule has 0 bridgehead atoms. The number of pyridine rings is 2. The van der Waals surface area contributed by atoms with Crippen molar-refractivity contribution in [2.75, 3.05) is 18.0 Å². The summed E-state index contributed by atoms with van der Waals surface area (Å²) in [6, 6.07) is 12.9. The molecule has 0 unspecified atom stereocenters. The van der Waals surface area contributed by atoms with Crippen molar-refractivity contribution in [3.63, 3.8) is 0 Å². The van der Waals surface area contributed by atoms with Crippen molar-refractivity contribution < 1.29 is 0 Å². The van der Waals surface area contributed by atoms with Crippen LogP contribution in [0, 0.1) is 5.41 Å². The quantitative estimate of drug-likeness (QED) is 0.318. The van der Waals surface area contributed by atoms with Gasteiger partial charge in [0.05, 0.1) is 12.1 Å². The molecule has 36 heavy (non-hydrogen) atoms. The lowest BCUT2D eigenvalue weighted by molar-refractivity contribution is 0.340. The highest BCUT2D eigenvalue weighted by Crippen LogP contribution is 2.46. The van der Waals surface area contributed by atoms with E-state index in [4.69, 9.17) is 15.0 Å². The molecule has 0 amide bonds. The summed E-state index contributed by atoms with van der Waals surface area (Å²) in [5.74, 6) is 1.96. The second-order valence-electron chi connectivity index (χ2n) is 10.8. The minimum atomic E-state index is 0.506. The zero-order chi connectivity index (χ0) is 24.4. The Bertz CT molecular complexity index is 1340. The molecule has 186 valence electrons. The molecule has 6 heteroatoms. The molecule has 0 aromatic carbocycles. The minimum Gasteiger partial charge on any atom is -0.356 e. The van der Waals surface area contributed by atoms with Crippen LogP contribution in [0.2, 0.25) is 0 Å². The summed E-state index contributed by atoms with van der Waals surface area (Å²) in [5.41, 5.74) is 5.99. The molecule has 2 aliphatic rings. The monoisotopic (exact) mass is 480 g/mol. The smallest absolute Gasteiger partial charge is 0.136 e. The Labute approximate surface area is 213 Å². The van der Waals surface area contributed by atoms with Crippen molar-refractivity contribution in [1.82, 2.24) is 24.3 Å². The van der Waals surface area contributed by atoms with Gasteiger partial charge in [-0.3, -0.25) is 4.98 Å². The van der Waals surface area contributed by atoms with E-state index in [2.05, 4.69) is 59.4 Å². The predicted octanol–water partition coefficient (Wildman–Crippen LogP) is 5.81. The third-order valence-electron chi connectivity index (χ3n) is 8.08. The van der Waals surface area contributed by atoms with Crippen molar-refractivity contribution in [3.05, 3.63) is 83.5 Å². The van der Waals surface area contributed by atoms with E-state index < -0.39 is 0 Å². The lowest BCUT2D eigenvalue weighted by Crippen LogP contribution is -2.26. The maximum absolute atomic E-state index is 5.10. The summed E-state index contributed by atoms with van der Waals surface area (Å²) >= 11 is 0. The second kappa shape index (κ2) is 10.00. The normalized spacial score (nSPS) is 17.0. The van der Waals surface area contributed by atoms with Crippen molar-refractivity contribution in [2.45, 2.75) is 71.1 Å². The molecule has 5 heterocycles. The Morgan fingerprint density at radius 2 is 1.78 bits per heavy atom. The van der Waals surface area contributed by atoms with Crippen LogP contribution < -0.4 is 4.90 Å². The van der Waals surface area contributed by atoms with Crippen LogP contribution in [0.4, 0.5) is 5.82 Å². The number of unbranched alkanes of at least 4 members (excludes halogenated alkanes) is 1. The van der Waals surface area contributed by atoms with Crippen LogP contribution in [0.25, 0.3) is 5.65 Å². The van der Waals surface area contributed by atoms with Gasteiger partial charge < -0.3 is 9.30 Å². The van der Waals surface area contributed by atoms with Crippen molar-refractivity contribution in [3.8, 4) is 0 Å². The third-order valence-corrected chi connectivity index (χ3v) is 8.08. The molecule has 0 atom stereocenters. The Balaban J connectivity index is 1.29. The summed E-state index contributed by atoms with van der Waals surface area (Å²) in [4.78, 5) is 22.0. The lowest BCUT2D eigenvalue weighted by Gasteiger charge is -2.24. The number of imidazole rings is 1. The molecule has 0 radical (unpaired) electrons. The first-order valence-electron chi connectivity index (χ1n) is 13.7. The lowest BCUT2D eigenvalue weighted by atomic mass is 9.86. The topological polar surface area (TPSA) is 59.2 Å². The fourth-order valence-corrected chi connectivity index (χ4v) is 6.09. The van der Waals surface area contributed by atoms with E-state index in [0.29, 0.717) is 11.8 Å². The van der Waals surface area contributed by atoms with Gasteiger partial charge in [-0.05, 0) is 67.3 Å². The van der Waals surface area contributed by atoms with Crippen LogP contribution in [0.3, 0.4) is 0 Å². The third kappa shape index (κ3) is 4.99. The molecule has 2 fully saturated rings. The Kier molecular flexibility index (Phi) is 6.43. The average Bonchev–Trinajstić information content (AvgIpc) is 3.65. The average molecular weight is 481 g/mol. The van der Waals surface area contributed by atoms with Gasteiger partial charge in [-0.15, -0.1) is 0 Å². The van der Waals surface area contributed by atoms with Gasteiger partial charge in [0.15, 0.2) is 0 Å². The zero-order valence-corrected chi connectivity index (χ0v) is 21.4. The molecule has 4 aromatic rings. The van der Waals surface area contributed by atoms with Crippen molar-refractivity contribution >= 4 is 11.5 Å². The first kappa shape index (κ1) is 23.1. The Morgan fingerprint density at radius 1 is 0.889 bits per heavy atom. The number of aromatic nitrogens is 5. The van der Waals surface area contributed by atoms with Gasteiger partial charge in [-0.2, -0.15) is 0 Å². The minimum absolute atomic E-state index is 0.506. The van der Waals surface area contributed by atoms with E-state index >= 15 is 0 Å². The van der Waals surface area contributed by atoms with Gasteiger partial charge in [0.25, 0.3) is 0 Å². The second-order valence-corrected chi connectivity index (χ2v) is 10.8. The summed E-state index contributed by atoms with van der Waals surface area (Å²) in [7, 11) is 0. The largest absolute Gasteiger partial charge is 0.356 e. The molecule has 6 rings (SSSR count). The molecule has 1 aliphatic carbocycles. The fourth-order valence-electron chi connectivity index (χ4n) is 6.09. The molecule has 6 nitrogen and oxygen atoms in total. The fraction of sp³-hybridized carbons (Fsp3) is 0.467. The van der Waals surface area contributed by atoms with Gasteiger partial charge in [0.1, 0.15) is 17.3 Å². The molecular formula is C30H36N6. The Morgan fingerprint density at radius 3 is 2.67 bits per heavy atom. The van der Waals surface area contributed by atoms with Crippen LogP contribution in [0.15, 0.2) is 55.0 Å². The van der Waals surface area contributed by atoms with Gasteiger partial charge in [0, 0.05) is 55.6 Å². The molecule has 1 spiro atoms. The summed E-state index contributed by atoms with van der Waals surface area (Å²) in [6.45, 7) is 4.46. The Hall–Kier alpha value is -3.28. The standard InChI is InChI=1S/C30H36N6/c1-2-3-7-24-8-6-9-25(32-24)20-27-33-26(18-23-10-15-35-17-14-31-28(35)19-23)21-29(34-27)36-16-13-30(22-36)11-4-5-12-30/h6,8-10,14-15,17,19,21H,2-5,7,11-13,16,18,20,22H2,1H3. The molecule has 4 aromatic heterocycles. The molecule has 1 saturated carbocycles. The number of hydrogen-bond donors (Lipinski definition) is 0. The SMILES string of the molecule is CCCCc1cccc(Cc2nc(Cc3ccn4ccnc4c3)cc(N3CCC4(CCCC4)C3)n2)n1. The highest BCUT2D eigenvalue weighted by Gasteiger charge is 2.40. The number of hydrogen-bond acceptors (Lipinski definition) is 5. The molecule has 1 saturated heterocycles. The summed E-state index contributed by atoms with van der Waals surface area (Å²) in [6.07, 6.45) is 17.5. The van der Waals surface area contributed by atoms with Crippen LogP contribution in [0.1, 0.15) is 80.3 Å². The maximum Gasteiger partial charge on any atom is 0.136 e. The highest BCUT2D eigenvalue weighted by molar-refractivity contribution is 5.45. The van der Waals surface area contributed by atoms with Gasteiger partial charge in [-0.1, -0.05) is 32.3 Å². The van der Waals surface area contributed by atoms with E-state index in [0.717, 1.165) is 54.6 Å². The van der Waals surface area contributed by atoms with Gasteiger partial charge in [0.2, 0.25) is 0 Å². The zero-order valence-electron chi connectivity index (χ0n) is 21.4. The number of fused-ring (bicyclic) bond motifs is 1. The van der Waals surface area contributed by atoms with Gasteiger partial charge >= 0.3 is 0 Å². The van der Waals surface area contributed by atoms with E-state index in [1.54, 1.807) is 0 Å². The van der Waals surface area contributed by atoms with Crippen LogP contribution in [-0.2, 0) is 19.3 Å². The first-order chi connectivity index (χ1) is 17.7. The summed E-state index contributed by atoms with van der Waals surface area (Å²) in [5, 5.41) is 0. The van der Waals surface area contributed by atoms with E-state index in [9.17, 15) is 0 Å². The van der Waals surface area contributed by atoms with E-state index in [1.165, 1.54) is 56.2 Å². The number of nitrogens with zero attached hydrogens (tertiary/aromatic N) is 6. The molecule has 1 aliphatic heterocycles. The van der Waals surface area contributed by atoms with E-state index in [1.807, 2.05) is 16.8 Å².